The number of nitrogens with zero attached hydrogens (tertiary/aromatic N) is 4. The van der Waals surface area contributed by atoms with Crippen molar-refractivity contribution in [1.29, 1.82) is 0 Å². The SMILES string of the molecule is I[Te+](c1ccccc1N=Nc1ccccc1)c1ccccc1N=Nc1ccccc1. The Morgan fingerprint density at radius 2 is 0.800 bits per heavy atom. The summed E-state index contributed by atoms with van der Waals surface area (Å²) < 4.78 is 2.51. The second-order valence-corrected chi connectivity index (χ2v) is 16.1. The van der Waals surface area contributed by atoms with E-state index in [0.29, 0.717) is 0 Å². The maximum absolute atomic E-state index is 4.55. The van der Waals surface area contributed by atoms with Gasteiger partial charge in [-0.3, -0.25) is 0 Å². The van der Waals surface area contributed by atoms with Crippen LogP contribution < -0.4 is 7.22 Å². The Balaban J connectivity index is 1.65. The summed E-state index contributed by atoms with van der Waals surface area (Å²) in [5.41, 5.74) is 3.53. The van der Waals surface area contributed by atoms with Crippen LogP contribution >= 0.6 is 18.7 Å². The van der Waals surface area contributed by atoms with E-state index in [1.807, 2.05) is 84.9 Å². The minimum atomic E-state index is -1.95. The van der Waals surface area contributed by atoms with Crippen LogP contribution in [0.3, 0.4) is 0 Å². The van der Waals surface area contributed by atoms with Gasteiger partial charge in [0.1, 0.15) is 0 Å². The van der Waals surface area contributed by atoms with Crippen LogP contribution in [0, 0.1) is 0 Å². The quantitative estimate of drug-likeness (QED) is 0.127. The third-order valence-corrected chi connectivity index (χ3v) is 14.7. The van der Waals surface area contributed by atoms with E-state index in [1.54, 1.807) is 0 Å². The molecule has 0 bridgehead atoms. The fraction of sp³-hybridized carbons (Fsp3) is 0. The van der Waals surface area contributed by atoms with Gasteiger partial charge in [0.2, 0.25) is 0 Å². The van der Waals surface area contributed by atoms with Gasteiger partial charge in [-0.2, -0.15) is 0 Å². The molecule has 0 N–H and O–H groups in total. The second-order valence-electron chi connectivity index (χ2n) is 6.26. The zero-order chi connectivity index (χ0) is 20.6. The summed E-state index contributed by atoms with van der Waals surface area (Å²) in [6.45, 7) is 0. The van der Waals surface area contributed by atoms with Gasteiger partial charge in [0, 0.05) is 0 Å². The van der Waals surface area contributed by atoms with Crippen LogP contribution in [0.15, 0.2) is 130 Å². The Labute approximate surface area is 192 Å². The zero-order valence-electron chi connectivity index (χ0n) is 16.0. The first-order chi connectivity index (χ1) is 14.8. The molecule has 4 aromatic carbocycles. The number of hydrogen-bond donors (Lipinski definition) is 0. The van der Waals surface area contributed by atoms with Gasteiger partial charge < -0.3 is 0 Å². The van der Waals surface area contributed by atoms with Gasteiger partial charge in [0.15, 0.2) is 0 Å². The van der Waals surface area contributed by atoms with Crippen LogP contribution in [0.4, 0.5) is 22.7 Å². The number of hydrogen-bond acceptors (Lipinski definition) is 4. The fourth-order valence-corrected chi connectivity index (χ4v) is 11.2. The number of rotatable bonds is 6. The molecule has 4 rings (SSSR count). The summed E-state index contributed by atoms with van der Waals surface area (Å²) in [7, 11) is 0. The molecule has 4 aromatic rings. The molecular formula is C24H18IN4Te+. The van der Waals surface area contributed by atoms with E-state index >= 15 is 0 Å². The third-order valence-electron chi connectivity index (χ3n) is 4.18. The second kappa shape index (κ2) is 10.6. The standard InChI is InChI=1S/C24H18IN4Te/c25-30(23-17-9-7-15-21(23)28-26-19-11-3-1-4-12-19)24-18-10-8-16-22(24)29-27-20-13-5-2-6-14-20/h1-18H/q+1. The molecule has 0 aromatic heterocycles. The molecule has 146 valence electrons. The molecule has 0 aliphatic rings. The van der Waals surface area contributed by atoms with Gasteiger partial charge in [-0.15, -0.1) is 0 Å². The zero-order valence-corrected chi connectivity index (χ0v) is 20.5. The van der Waals surface area contributed by atoms with Crippen molar-refractivity contribution in [2.45, 2.75) is 0 Å². The number of halogens is 1. The predicted octanol–water partition coefficient (Wildman–Crippen LogP) is 7.06. The monoisotopic (exact) mass is 619 g/mol. The Morgan fingerprint density at radius 3 is 1.23 bits per heavy atom. The van der Waals surface area contributed by atoms with Crippen molar-refractivity contribution in [1.82, 2.24) is 0 Å². The molecule has 0 radical (unpaired) electrons. The first kappa shape index (κ1) is 20.9. The molecule has 0 atom stereocenters. The van der Waals surface area contributed by atoms with Gasteiger partial charge in [-0.1, -0.05) is 0 Å². The first-order valence-electron chi connectivity index (χ1n) is 9.33. The molecule has 0 aliphatic carbocycles. The first-order valence-corrected chi connectivity index (χ1v) is 18.5. The molecule has 0 unspecified atom stereocenters. The molecule has 0 fully saturated rings. The van der Waals surface area contributed by atoms with Crippen LogP contribution in [0.25, 0.3) is 0 Å². The minimum absolute atomic E-state index is 0.847. The Hall–Kier alpha value is -2.40. The topological polar surface area (TPSA) is 49.4 Å². The Bertz CT molecular complexity index is 1070. The molecule has 0 saturated carbocycles. The molecule has 0 aliphatic heterocycles. The molecule has 4 nitrogen and oxygen atoms in total. The average Bonchev–Trinajstić information content (AvgIpc) is 2.83. The van der Waals surface area contributed by atoms with E-state index in [1.165, 1.54) is 7.22 Å². The van der Waals surface area contributed by atoms with E-state index in [0.717, 1.165) is 22.7 Å². The van der Waals surface area contributed by atoms with Crippen molar-refractivity contribution in [2.75, 3.05) is 0 Å². The average molecular weight is 617 g/mol. The fourth-order valence-electron chi connectivity index (χ4n) is 2.71. The molecule has 0 heterocycles. The molecule has 0 spiro atoms. The summed E-state index contributed by atoms with van der Waals surface area (Å²) >= 11 is 0.646. The van der Waals surface area contributed by atoms with E-state index < -0.39 is 15.6 Å². The van der Waals surface area contributed by atoms with E-state index in [4.69, 9.17) is 0 Å². The van der Waals surface area contributed by atoms with E-state index in [9.17, 15) is 0 Å². The molecule has 6 heteroatoms. The summed E-state index contributed by atoms with van der Waals surface area (Å²) in [5.74, 6) is 0. The van der Waals surface area contributed by atoms with Gasteiger partial charge in [0.25, 0.3) is 0 Å². The Kier molecular flexibility index (Phi) is 7.35. The summed E-state index contributed by atoms with van der Waals surface area (Å²) in [4.78, 5) is 0. The van der Waals surface area contributed by atoms with Crippen LogP contribution in [0.2, 0.25) is 0 Å². The summed E-state index contributed by atoms with van der Waals surface area (Å²) in [6.07, 6.45) is 0. The molecule has 30 heavy (non-hydrogen) atoms. The van der Waals surface area contributed by atoms with Gasteiger partial charge >= 0.3 is 194 Å². The number of benzene rings is 4. The van der Waals surface area contributed by atoms with Gasteiger partial charge in [-0.25, -0.2) is 0 Å². The van der Waals surface area contributed by atoms with Crippen LogP contribution in [0.1, 0.15) is 0 Å². The Morgan fingerprint density at radius 1 is 0.433 bits per heavy atom. The number of azo groups is 2. The van der Waals surface area contributed by atoms with Crippen LogP contribution in [0.5, 0.6) is 0 Å². The molecule has 0 saturated heterocycles. The van der Waals surface area contributed by atoms with Crippen molar-refractivity contribution in [3.8, 4) is 0 Å². The maximum atomic E-state index is 4.55. The van der Waals surface area contributed by atoms with E-state index in [2.05, 4.69) is 63.4 Å². The van der Waals surface area contributed by atoms with E-state index in [-0.39, 0.29) is 0 Å². The predicted molar refractivity (Wildman–Crippen MR) is 133 cm³/mol. The van der Waals surface area contributed by atoms with Crippen molar-refractivity contribution in [3.05, 3.63) is 109 Å². The van der Waals surface area contributed by atoms with Crippen molar-refractivity contribution >= 4 is 64.3 Å². The summed E-state index contributed by atoms with van der Waals surface area (Å²) in [5, 5.41) is 17.9. The molecule has 0 amide bonds. The molecular weight excluding hydrogens is 599 g/mol. The van der Waals surface area contributed by atoms with Gasteiger partial charge in [-0.05, 0) is 0 Å². The summed E-state index contributed by atoms with van der Waals surface area (Å²) in [6, 6.07) is 36.1. The van der Waals surface area contributed by atoms with Crippen LogP contribution in [-0.4, -0.2) is 15.6 Å². The van der Waals surface area contributed by atoms with Crippen molar-refractivity contribution in [2.24, 2.45) is 20.5 Å². The van der Waals surface area contributed by atoms with Crippen molar-refractivity contribution < 1.29 is 0 Å². The normalized spacial score (nSPS) is 11.5. The third kappa shape index (κ3) is 5.39. The van der Waals surface area contributed by atoms with Crippen LogP contribution in [-0.2, 0) is 0 Å². The van der Waals surface area contributed by atoms with Gasteiger partial charge in [0.05, 0.1) is 0 Å². The van der Waals surface area contributed by atoms with Crippen molar-refractivity contribution in [3.63, 3.8) is 0 Å².